The van der Waals surface area contributed by atoms with Gasteiger partial charge in [-0.15, -0.1) is 0 Å². The highest BCUT2D eigenvalue weighted by atomic mass is 35.5. The van der Waals surface area contributed by atoms with Gasteiger partial charge in [-0.2, -0.15) is 0 Å². The molecule has 0 saturated carbocycles. The number of esters is 1. The maximum Gasteiger partial charge on any atom is 0.327 e. The molecular formula is C21H23ClFN3O4. The lowest BCUT2D eigenvalue weighted by atomic mass is 10.0. The van der Waals surface area contributed by atoms with E-state index < -0.39 is 17.8 Å². The Balaban J connectivity index is 1.65. The maximum atomic E-state index is 13.8. The Morgan fingerprint density at radius 1 is 1.10 bits per heavy atom. The lowest BCUT2D eigenvalue weighted by Crippen LogP contribution is -2.52. The van der Waals surface area contributed by atoms with Gasteiger partial charge in [0, 0.05) is 43.0 Å². The molecule has 160 valence electrons. The van der Waals surface area contributed by atoms with Gasteiger partial charge in [-0.3, -0.25) is 4.90 Å². The minimum Gasteiger partial charge on any atom is -0.494 e. The van der Waals surface area contributed by atoms with Gasteiger partial charge < -0.3 is 19.7 Å². The van der Waals surface area contributed by atoms with E-state index in [1.807, 2.05) is 11.0 Å². The van der Waals surface area contributed by atoms with Crippen LogP contribution in [-0.4, -0.2) is 62.2 Å². The van der Waals surface area contributed by atoms with E-state index in [9.17, 15) is 14.0 Å². The third-order valence-corrected chi connectivity index (χ3v) is 5.34. The second-order valence-corrected chi connectivity index (χ2v) is 7.16. The number of nitrogens with zero attached hydrogens (tertiary/aromatic N) is 2. The van der Waals surface area contributed by atoms with Gasteiger partial charge in [-0.05, 0) is 23.8 Å². The number of carbonyl (C=O) groups is 2. The standard InChI is InChI=1S/C21H23ClFN3O4/c1-29-18-8-7-14(13-17(18)23)24-21(28)26-11-9-25(10-12-26)19(20(27)30-2)15-5-3-4-6-16(15)22/h3-8,13,19H,9-12H2,1-2H3,(H,24,28)/t19-/m0/s1. The van der Waals surface area contributed by atoms with E-state index in [2.05, 4.69) is 5.32 Å². The average molecular weight is 436 g/mol. The highest BCUT2D eigenvalue weighted by Gasteiger charge is 2.33. The number of urea groups is 1. The van der Waals surface area contributed by atoms with Crippen molar-refractivity contribution in [2.24, 2.45) is 0 Å². The van der Waals surface area contributed by atoms with E-state index in [4.69, 9.17) is 21.1 Å². The third kappa shape index (κ3) is 4.83. The van der Waals surface area contributed by atoms with E-state index in [1.54, 1.807) is 29.2 Å². The number of hydrogen-bond donors (Lipinski definition) is 1. The van der Waals surface area contributed by atoms with Crippen LogP contribution in [0.1, 0.15) is 11.6 Å². The number of piperazine rings is 1. The zero-order valence-electron chi connectivity index (χ0n) is 16.7. The summed E-state index contributed by atoms with van der Waals surface area (Å²) in [5.74, 6) is -0.856. The van der Waals surface area contributed by atoms with Crippen LogP contribution in [-0.2, 0) is 9.53 Å². The lowest BCUT2D eigenvalue weighted by Gasteiger charge is -2.38. The molecule has 1 aliphatic heterocycles. The summed E-state index contributed by atoms with van der Waals surface area (Å²) in [6, 6.07) is 10.4. The van der Waals surface area contributed by atoms with Gasteiger partial charge in [0.1, 0.15) is 6.04 Å². The van der Waals surface area contributed by atoms with E-state index in [0.29, 0.717) is 42.5 Å². The molecule has 0 aromatic heterocycles. The van der Waals surface area contributed by atoms with Crippen LogP contribution in [0, 0.1) is 5.82 Å². The van der Waals surface area contributed by atoms with Crippen molar-refractivity contribution in [3.63, 3.8) is 0 Å². The van der Waals surface area contributed by atoms with Crippen molar-refractivity contribution in [1.29, 1.82) is 0 Å². The summed E-state index contributed by atoms with van der Waals surface area (Å²) in [6.45, 7) is 1.69. The lowest BCUT2D eigenvalue weighted by molar-refractivity contribution is -0.148. The number of halogens is 2. The van der Waals surface area contributed by atoms with Crippen molar-refractivity contribution >= 4 is 29.3 Å². The quantitative estimate of drug-likeness (QED) is 0.727. The minimum absolute atomic E-state index is 0.107. The van der Waals surface area contributed by atoms with Crippen LogP contribution in [0.15, 0.2) is 42.5 Å². The van der Waals surface area contributed by atoms with Gasteiger partial charge in [0.15, 0.2) is 11.6 Å². The topological polar surface area (TPSA) is 71.1 Å². The average Bonchev–Trinajstić information content (AvgIpc) is 2.75. The molecule has 0 spiro atoms. The Labute approximate surface area is 179 Å². The van der Waals surface area contributed by atoms with Gasteiger partial charge in [0.05, 0.1) is 14.2 Å². The summed E-state index contributed by atoms with van der Waals surface area (Å²) in [6.07, 6.45) is 0. The molecule has 9 heteroatoms. The van der Waals surface area contributed by atoms with Crippen molar-refractivity contribution in [2.45, 2.75) is 6.04 Å². The fraction of sp³-hybridized carbons (Fsp3) is 0.333. The molecule has 0 radical (unpaired) electrons. The minimum atomic E-state index is -0.649. The summed E-state index contributed by atoms with van der Waals surface area (Å²) in [5, 5.41) is 3.16. The zero-order valence-corrected chi connectivity index (χ0v) is 17.5. The summed E-state index contributed by atoms with van der Waals surface area (Å²) < 4.78 is 23.7. The van der Waals surface area contributed by atoms with Crippen molar-refractivity contribution in [3.8, 4) is 5.75 Å². The summed E-state index contributed by atoms with van der Waals surface area (Å²) in [5.41, 5.74) is 1.00. The number of amides is 2. The number of carbonyl (C=O) groups excluding carboxylic acids is 2. The van der Waals surface area contributed by atoms with Gasteiger partial charge in [0.25, 0.3) is 0 Å². The van der Waals surface area contributed by atoms with Crippen molar-refractivity contribution < 1.29 is 23.5 Å². The highest BCUT2D eigenvalue weighted by Crippen LogP contribution is 2.29. The second-order valence-electron chi connectivity index (χ2n) is 6.75. The molecule has 1 saturated heterocycles. The second kappa shape index (κ2) is 9.77. The molecule has 2 amide bonds. The molecule has 2 aromatic rings. The van der Waals surface area contributed by atoms with Crippen LogP contribution in [0.5, 0.6) is 5.75 Å². The number of nitrogens with one attached hydrogen (secondary N) is 1. The molecule has 1 aliphatic rings. The molecule has 0 unspecified atom stereocenters. The molecule has 2 aromatic carbocycles. The summed E-state index contributed by atoms with van der Waals surface area (Å²) in [4.78, 5) is 28.5. The van der Waals surface area contributed by atoms with Gasteiger partial charge in [0.2, 0.25) is 0 Å². The molecule has 0 bridgehead atoms. The largest absolute Gasteiger partial charge is 0.494 e. The summed E-state index contributed by atoms with van der Waals surface area (Å²) >= 11 is 6.29. The fourth-order valence-electron chi connectivity index (χ4n) is 3.41. The first-order valence-electron chi connectivity index (χ1n) is 9.40. The van der Waals surface area contributed by atoms with E-state index >= 15 is 0 Å². The van der Waals surface area contributed by atoms with Crippen molar-refractivity contribution in [2.75, 3.05) is 45.7 Å². The van der Waals surface area contributed by atoms with Crippen LogP contribution in [0.25, 0.3) is 0 Å². The predicted octanol–water partition coefficient (Wildman–Crippen LogP) is 3.55. The van der Waals surface area contributed by atoms with Crippen molar-refractivity contribution in [3.05, 3.63) is 58.9 Å². The molecule has 1 N–H and O–H groups in total. The predicted molar refractivity (Wildman–Crippen MR) is 111 cm³/mol. The van der Waals surface area contributed by atoms with E-state index in [0.717, 1.165) is 0 Å². The first-order valence-corrected chi connectivity index (χ1v) is 9.78. The number of anilines is 1. The molecule has 7 nitrogen and oxygen atoms in total. The van der Waals surface area contributed by atoms with Crippen molar-refractivity contribution in [1.82, 2.24) is 9.80 Å². The van der Waals surface area contributed by atoms with Crippen LogP contribution < -0.4 is 10.1 Å². The Hall–Kier alpha value is -2.84. The monoisotopic (exact) mass is 435 g/mol. The number of hydrogen-bond acceptors (Lipinski definition) is 5. The molecule has 1 heterocycles. The SMILES string of the molecule is COC(=O)[C@H](c1ccccc1Cl)N1CCN(C(=O)Nc2ccc(OC)c(F)c2)CC1. The summed E-state index contributed by atoms with van der Waals surface area (Å²) in [7, 11) is 2.71. The molecular weight excluding hydrogens is 413 g/mol. The Bertz CT molecular complexity index is 919. The molecule has 30 heavy (non-hydrogen) atoms. The fourth-order valence-corrected chi connectivity index (χ4v) is 3.65. The molecule has 1 fully saturated rings. The van der Waals surface area contributed by atoms with Gasteiger partial charge in [-0.1, -0.05) is 29.8 Å². The third-order valence-electron chi connectivity index (χ3n) is 4.99. The number of rotatable bonds is 5. The maximum absolute atomic E-state index is 13.8. The molecule has 1 atom stereocenters. The molecule has 3 rings (SSSR count). The normalized spacial score (nSPS) is 15.4. The number of benzene rings is 2. The Morgan fingerprint density at radius 3 is 2.40 bits per heavy atom. The number of methoxy groups -OCH3 is 2. The first-order chi connectivity index (χ1) is 14.4. The van der Waals surface area contributed by atoms with E-state index in [1.165, 1.54) is 26.4 Å². The Morgan fingerprint density at radius 2 is 1.80 bits per heavy atom. The van der Waals surface area contributed by atoms with Gasteiger partial charge >= 0.3 is 12.0 Å². The zero-order chi connectivity index (χ0) is 21.7. The van der Waals surface area contributed by atoms with Gasteiger partial charge in [-0.25, -0.2) is 14.0 Å². The smallest absolute Gasteiger partial charge is 0.327 e. The highest BCUT2D eigenvalue weighted by molar-refractivity contribution is 6.31. The van der Waals surface area contributed by atoms with Crippen LogP contribution >= 0.6 is 11.6 Å². The van der Waals surface area contributed by atoms with Crippen LogP contribution in [0.4, 0.5) is 14.9 Å². The Kier molecular flexibility index (Phi) is 7.12. The van der Waals surface area contributed by atoms with Crippen LogP contribution in [0.3, 0.4) is 0 Å². The van der Waals surface area contributed by atoms with E-state index in [-0.39, 0.29) is 11.8 Å². The van der Waals surface area contributed by atoms with Crippen LogP contribution in [0.2, 0.25) is 5.02 Å². The number of ether oxygens (including phenoxy) is 2. The first kappa shape index (κ1) is 21.9. The molecule has 0 aliphatic carbocycles.